The molecule has 2 heteroatoms. The number of carbonyl (C=O) groups excluding carboxylic acids is 1. The van der Waals surface area contributed by atoms with E-state index in [-0.39, 0.29) is 12.0 Å². The summed E-state index contributed by atoms with van der Waals surface area (Å²) in [5.41, 5.74) is 7.37. The Hall–Kier alpha value is -1.15. The summed E-state index contributed by atoms with van der Waals surface area (Å²) >= 11 is 0. The van der Waals surface area contributed by atoms with E-state index in [1.807, 2.05) is 18.2 Å². The minimum absolute atomic E-state index is 0.0244. The van der Waals surface area contributed by atoms with Crippen molar-refractivity contribution in [3.63, 3.8) is 0 Å². The van der Waals surface area contributed by atoms with Crippen LogP contribution in [0.4, 0.5) is 0 Å². The lowest BCUT2D eigenvalue weighted by molar-refractivity contribution is -0.127. The lowest BCUT2D eigenvalue weighted by Gasteiger charge is -2.36. The Kier molecular flexibility index (Phi) is 6.19. The minimum Gasteiger partial charge on any atom is -0.324 e. The molecule has 0 bridgehead atoms. The van der Waals surface area contributed by atoms with Gasteiger partial charge in [-0.15, -0.1) is 0 Å². The van der Waals surface area contributed by atoms with Crippen molar-refractivity contribution in [2.45, 2.75) is 58.9 Å². The zero-order chi connectivity index (χ0) is 16.1. The maximum atomic E-state index is 12.7. The molecule has 1 aliphatic carbocycles. The van der Waals surface area contributed by atoms with E-state index in [4.69, 9.17) is 5.73 Å². The highest BCUT2D eigenvalue weighted by molar-refractivity contribution is 5.81. The molecular formula is C20H31NO. The number of hydrogen-bond acceptors (Lipinski definition) is 2. The Morgan fingerprint density at radius 1 is 1.23 bits per heavy atom. The average Bonchev–Trinajstić information content (AvgIpc) is 2.52. The number of Topliss-reactive ketones (excluding diaryl/α,β-unsaturated/α-hetero) is 1. The zero-order valence-corrected chi connectivity index (χ0v) is 14.3. The van der Waals surface area contributed by atoms with Crippen LogP contribution in [0.15, 0.2) is 30.3 Å². The summed E-state index contributed by atoms with van der Waals surface area (Å²) in [6.45, 7) is 6.81. The van der Waals surface area contributed by atoms with Gasteiger partial charge in [0.05, 0.1) is 0 Å². The first kappa shape index (κ1) is 17.2. The lowest BCUT2D eigenvalue weighted by atomic mass is 9.68. The molecule has 1 aliphatic rings. The fourth-order valence-electron chi connectivity index (χ4n) is 3.92. The molecule has 0 heterocycles. The number of rotatable bonds is 6. The number of ketones is 1. The predicted molar refractivity (Wildman–Crippen MR) is 92.4 cm³/mol. The van der Waals surface area contributed by atoms with Gasteiger partial charge < -0.3 is 5.73 Å². The third-order valence-electron chi connectivity index (χ3n) is 5.37. The van der Waals surface area contributed by atoms with Crippen molar-refractivity contribution < 1.29 is 4.79 Å². The van der Waals surface area contributed by atoms with Crippen LogP contribution in [0.3, 0.4) is 0 Å². The molecule has 0 unspecified atom stereocenters. The van der Waals surface area contributed by atoms with Crippen molar-refractivity contribution in [1.29, 1.82) is 0 Å². The standard InChI is InChI=1S/C20H31NO/c1-14(2)17-10-9-15(3)13-18(17)20(22)12-11-19(21)16-7-5-4-6-8-16/h4-8,14-15,17-19H,9-13,21H2,1-3H3/t15-,17+,18-,19-/m1/s1. The van der Waals surface area contributed by atoms with Crippen LogP contribution in [0.5, 0.6) is 0 Å². The molecule has 4 atom stereocenters. The summed E-state index contributed by atoms with van der Waals surface area (Å²) in [6.07, 6.45) is 4.94. The van der Waals surface area contributed by atoms with Crippen LogP contribution in [0.25, 0.3) is 0 Å². The Morgan fingerprint density at radius 3 is 2.55 bits per heavy atom. The number of benzene rings is 1. The largest absolute Gasteiger partial charge is 0.324 e. The van der Waals surface area contributed by atoms with Crippen molar-refractivity contribution in [2.24, 2.45) is 29.4 Å². The molecule has 0 aliphatic heterocycles. The molecule has 2 nitrogen and oxygen atoms in total. The molecule has 0 saturated heterocycles. The van der Waals surface area contributed by atoms with E-state index in [9.17, 15) is 4.79 Å². The Balaban J connectivity index is 1.92. The van der Waals surface area contributed by atoms with Crippen LogP contribution < -0.4 is 5.73 Å². The molecular weight excluding hydrogens is 270 g/mol. The molecule has 1 aromatic rings. The molecule has 0 radical (unpaired) electrons. The summed E-state index contributed by atoms with van der Waals surface area (Å²) < 4.78 is 0. The van der Waals surface area contributed by atoms with Crippen molar-refractivity contribution >= 4 is 5.78 Å². The third-order valence-corrected chi connectivity index (χ3v) is 5.37. The first-order valence-corrected chi connectivity index (χ1v) is 8.82. The second kappa shape index (κ2) is 7.92. The SMILES string of the molecule is CC(C)[C@@H]1CC[C@@H](C)C[C@H]1C(=O)CC[C@@H](N)c1ccccc1. The molecule has 1 fully saturated rings. The van der Waals surface area contributed by atoms with Gasteiger partial charge >= 0.3 is 0 Å². The van der Waals surface area contributed by atoms with Crippen LogP contribution in [0.2, 0.25) is 0 Å². The Bertz CT molecular complexity index is 468. The topological polar surface area (TPSA) is 43.1 Å². The smallest absolute Gasteiger partial charge is 0.136 e. The van der Waals surface area contributed by atoms with Crippen molar-refractivity contribution in [1.82, 2.24) is 0 Å². The van der Waals surface area contributed by atoms with Crippen LogP contribution in [0.1, 0.15) is 64.5 Å². The lowest BCUT2D eigenvalue weighted by Crippen LogP contribution is -2.33. The van der Waals surface area contributed by atoms with E-state index >= 15 is 0 Å². The van der Waals surface area contributed by atoms with Gasteiger partial charge in [-0.25, -0.2) is 0 Å². The van der Waals surface area contributed by atoms with Gasteiger partial charge in [-0.3, -0.25) is 4.79 Å². The van der Waals surface area contributed by atoms with Gasteiger partial charge in [0.25, 0.3) is 0 Å². The quantitative estimate of drug-likeness (QED) is 0.824. The first-order valence-electron chi connectivity index (χ1n) is 8.82. The maximum Gasteiger partial charge on any atom is 0.136 e. The van der Waals surface area contributed by atoms with Crippen molar-refractivity contribution in [3.8, 4) is 0 Å². The van der Waals surface area contributed by atoms with Crippen LogP contribution in [0, 0.1) is 23.7 Å². The highest BCUT2D eigenvalue weighted by atomic mass is 16.1. The minimum atomic E-state index is -0.0244. The molecule has 0 amide bonds. The van der Waals surface area contributed by atoms with Gasteiger partial charge in [-0.1, -0.05) is 57.5 Å². The van der Waals surface area contributed by atoms with Gasteiger partial charge in [0.2, 0.25) is 0 Å². The maximum absolute atomic E-state index is 12.7. The zero-order valence-electron chi connectivity index (χ0n) is 14.3. The molecule has 0 spiro atoms. The highest BCUT2D eigenvalue weighted by Crippen LogP contribution is 2.39. The summed E-state index contributed by atoms with van der Waals surface area (Å²) in [7, 11) is 0. The predicted octanol–water partition coefficient (Wildman–Crippen LogP) is 4.74. The second-order valence-electron chi connectivity index (χ2n) is 7.45. The van der Waals surface area contributed by atoms with Gasteiger partial charge in [-0.2, -0.15) is 0 Å². The normalized spacial score (nSPS) is 26.9. The van der Waals surface area contributed by atoms with Crippen LogP contribution in [-0.4, -0.2) is 5.78 Å². The van der Waals surface area contributed by atoms with E-state index < -0.39 is 0 Å². The average molecular weight is 301 g/mol. The number of nitrogens with two attached hydrogens (primary N) is 1. The van der Waals surface area contributed by atoms with Crippen molar-refractivity contribution in [3.05, 3.63) is 35.9 Å². The van der Waals surface area contributed by atoms with E-state index in [0.717, 1.165) is 18.4 Å². The fourth-order valence-corrected chi connectivity index (χ4v) is 3.92. The molecule has 2 N–H and O–H groups in total. The summed E-state index contributed by atoms with van der Waals surface area (Å²) in [6, 6.07) is 10.1. The van der Waals surface area contributed by atoms with E-state index in [1.165, 1.54) is 12.8 Å². The van der Waals surface area contributed by atoms with Gasteiger partial charge in [0.15, 0.2) is 0 Å². The fraction of sp³-hybridized carbons (Fsp3) is 0.650. The summed E-state index contributed by atoms with van der Waals surface area (Å²) in [5, 5.41) is 0. The first-order chi connectivity index (χ1) is 10.5. The summed E-state index contributed by atoms with van der Waals surface area (Å²) in [5.74, 6) is 2.55. The molecule has 122 valence electrons. The molecule has 1 aromatic carbocycles. The molecule has 0 aromatic heterocycles. The number of carbonyl (C=O) groups is 1. The van der Waals surface area contributed by atoms with Crippen LogP contribution in [-0.2, 0) is 4.79 Å². The van der Waals surface area contributed by atoms with Gasteiger partial charge in [0, 0.05) is 18.4 Å². The van der Waals surface area contributed by atoms with Crippen LogP contribution >= 0.6 is 0 Å². The van der Waals surface area contributed by atoms with Crippen molar-refractivity contribution in [2.75, 3.05) is 0 Å². The van der Waals surface area contributed by atoms with E-state index in [1.54, 1.807) is 0 Å². The molecule has 1 saturated carbocycles. The highest BCUT2D eigenvalue weighted by Gasteiger charge is 2.34. The Morgan fingerprint density at radius 2 is 1.91 bits per heavy atom. The summed E-state index contributed by atoms with van der Waals surface area (Å²) in [4.78, 5) is 12.7. The van der Waals surface area contributed by atoms with E-state index in [2.05, 4.69) is 32.9 Å². The van der Waals surface area contributed by atoms with Gasteiger partial charge in [0.1, 0.15) is 5.78 Å². The van der Waals surface area contributed by atoms with Gasteiger partial charge in [-0.05, 0) is 42.6 Å². The third kappa shape index (κ3) is 4.42. The Labute approximate surface area is 135 Å². The number of hydrogen-bond donors (Lipinski definition) is 1. The van der Waals surface area contributed by atoms with E-state index in [0.29, 0.717) is 30.0 Å². The monoisotopic (exact) mass is 301 g/mol. The second-order valence-corrected chi connectivity index (χ2v) is 7.45. The molecule has 2 rings (SSSR count). The molecule has 22 heavy (non-hydrogen) atoms.